The van der Waals surface area contributed by atoms with E-state index in [0.717, 1.165) is 24.7 Å². The van der Waals surface area contributed by atoms with Crippen LogP contribution >= 0.6 is 0 Å². The molecule has 2 heterocycles. The van der Waals surface area contributed by atoms with Crippen LogP contribution in [-0.2, 0) is 0 Å². The summed E-state index contributed by atoms with van der Waals surface area (Å²) in [6.07, 6.45) is 8.57. The Morgan fingerprint density at radius 2 is 2.04 bits per heavy atom. The molecule has 0 N–H and O–H groups in total. The Kier molecular flexibility index (Phi) is 6.04. The second-order valence-corrected chi connectivity index (χ2v) is 6.45. The van der Waals surface area contributed by atoms with E-state index in [2.05, 4.69) is 16.0 Å². The average Bonchev–Trinajstić information content (AvgIpc) is 2.72. The zero-order valence-corrected chi connectivity index (χ0v) is 15.2. The number of aldehydes is 1. The van der Waals surface area contributed by atoms with E-state index in [1.54, 1.807) is 25.6 Å². The van der Waals surface area contributed by atoms with Crippen molar-refractivity contribution in [3.05, 3.63) is 41.7 Å². The zero-order valence-electron chi connectivity index (χ0n) is 15.2. The maximum Gasteiger partial charge on any atom is 0.216 e. The first-order valence-corrected chi connectivity index (χ1v) is 8.87. The molecule has 0 bridgehead atoms. The third-order valence-corrected chi connectivity index (χ3v) is 4.96. The van der Waals surface area contributed by atoms with Gasteiger partial charge in [-0.1, -0.05) is 18.9 Å². The fourth-order valence-corrected chi connectivity index (χ4v) is 3.63. The molecule has 2 atom stereocenters. The number of rotatable bonds is 7. The number of carbonyl (C=O) groups excluding carboxylic acids is 1. The first kappa shape index (κ1) is 18.2. The van der Waals surface area contributed by atoms with Crippen molar-refractivity contribution in [2.45, 2.75) is 31.6 Å². The molecule has 0 amide bonds. The molecular weight excluding hydrogens is 332 g/mol. The number of hydrogen-bond acceptors (Lipinski definition) is 6. The standard InChI is InChI=1S/C20H24N2O4/c1-24-19-10-15(12-23)18(11-22-19)26-13-14-6-3-4-7-16(14)17-8-5-9-21-20(17)25-2/h5,8-12,14,16H,3-4,6-7,13H2,1-2H3. The Balaban J connectivity index is 1.76. The van der Waals surface area contributed by atoms with E-state index in [4.69, 9.17) is 14.2 Å². The maximum atomic E-state index is 11.3. The van der Waals surface area contributed by atoms with Gasteiger partial charge in [0.15, 0.2) is 6.29 Å². The number of methoxy groups -OCH3 is 2. The first-order chi connectivity index (χ1) is 12.8. The van der Waals surface area contributed by atoms with Crippen LogP contribution in [0.15, 0.2) is 30.6 Å². The summed E-state index contributed by atoms with van der Waals surface area (Å²) in [4.78, 5) is 19.8. The summed E-state index contributed by atoms with van der Waals surface area (Å²) < 4.78 is 16.5. The number of hydrogen-bond donors (Lipinski definition) is 0. The molecule has 0 spiro atoms. The van der Waals surface area contributed by atoms with Gasteiger partial charge in [0.2, 0.25) is 11.8 Å². The SMILES string of the molecule is COc1cc(C=O)c(OCC2CCCCC2c2cccnc2OC)cn1. The lowest BCUT2D eigenvalue weighted by atomic mass is 9.76. The molecule has 26 heavy (non-hydrogen) atoms. The fraction of sp³-hybridized carbons (Fsp3) is 0.450. The van der Waals surface area contributed by atoms with Crippen molar-refractivity contribution in [1.29, 1.82) is 0 Å². The largest absolute Gasteiger partial charge is 0.491 e. The van der Waals surface area contributed by atoms with Crippen molar-refractivity contribution in [3.63, 3.8) is 0 Å². The summed E-state index contributed by atoms with van der Waals surface area (Å²) in [5, 5.41) is 0. The van der Waals surface area contributed by atoms with Crippen LogP contribution in [0.25, 0.3) is 0 Å². The Morgan fingerprint density at radius 1 is 1.19 bits per heavy atom. The third-order valence-electron chi connectivity index (χ3n) is 4.96. The molecule has 0 radical (unpaired) electrons. The Morgan fingerprint density at radius 3 is 2.81 bits per heavy atom. The van der Waals surface area contributed by atoms with Gasteiger partial charge in [0.1, 0.15) is 5.75 Å². The van der Waals surface area contributed by atoms with Gasteiger partial charge in [0.05, 0.1) is 32.6 Å². The molecule has 138 valence electrons. The summed E-state index contributed by atoms with van der Waals surface area (Å²) in [5.41, 5.74) is 1.58. The predicted octanol–water partition coefficient (Wildman–Crippen LogP) is 3.66. The topological polar surface area (TPSA) is 70.5 Å². The summed E-state index contributed by atoms with van der Waals surface area (Å²) in [6.45, 7) is 0.525. The van der Waals surface area contributed by atoms with Crippen LogP contribution in [0.2, 0.25) is 0 Å². The number of carbonyl (C=O) groups is 1. The van der Waals surface area contributed by atoms with E-state index in [1.165, 1.54) is 20.0 Å². The quantitative estimate of drug-likeness (QED) is 0.705. The Bertz CT molecular complexity index is 750. The maximum absolute atomic E-state index is 11.3. The lowest BCUT2D eigenvalue weighted by molar-refractivity contribution is 0.111. The number of ether oxygens (including phenoxy) is 3. The van der Waals surface area contributed by atoms with Gasteiger partial charge >= 0.3 is 0 Å². The van der Waals surface area contributed by atoms with Crippen molar-refractivity contribution >= 4 is 6.29 Å². The normalized spacial score (nSPS) is 19.6. The molecule has 2 unspecified atom stereocenters. The summed E-state index contributed by atoms with van der Waals surface area (Å²) in [7, 11) is 3.17. The highest BCUT2D eigenvalue weighted by Gasteiger charge is 2.29. The lowest BCUT2D eigenvalue weighted by Gasteiger charge is -2.32. The molecule has 1 fully saturated rings. The summed E-state index contributed by atoms with van der Waals surface area (Å²) >= 11 is 0. The van der Waals surface area contributed by atoms with Crippen LogP contribution < -0.4 is 14.2 Å². The molecule has 1 aliphatic carbocycles. The highest BCUT2D eigenvalue weighted by molar-refractivity contribution is 5.79. The van der Waals surface area contributed by atoms with E-state index in [1.807, 2.05) is 6.07 Å². The van der Waals surface area contributed by atoms with Crippen LogP contribution in [0, 0.1) is 5.92 Å². The van der Waals surface area contributed by atoms with Gasteiger partial charge < -0.3 is 14.2 Å². The van der Waals surface area contributed by atoms with Gasteiger partial charge in [-0.15, -0.1) is 0 Å². The number of pyridine rings is 2. The third kappa shape index (κ3) is 3.95. The van der Waals surface area contributed by atoms with Crippen LogP contribution in [0.4, 0.5) is 0 Å². The molecule has 6 nitrogen and oxygen atoms in total. The van der Waals surface area contributed by atoms with Gasteiger partial charge in [-0.2, -0.15) is 0 Å². The fourth-order valence-electron chi connectivity index (χ4n) is 3.63. The molecule has 1 aliphatic rings. The van der Waals surface area contributed by atoms with Gasteiger partial charge in [-0.05, 0) is 24.8 Å². The molecule has 6 heteroatoms. The highest BCUT2D eigenvalue weighted by atomic mass is 16.5. The lowest BCUT2D eigenvalue weighted by Crippen LogP contribution is -2.24. The van der Waals surface area contributed by atoms with Crippen molar-refractivity contribution in [1.82, 2.24) is 9.97 Å². The smallest absolute Gasteiger partial charge is 0.216 e. The molecular formula is C20H24N2O4. The highest BCUT2D eigenvalue weighted by Crippen LogP contribution is 2.41. The van der Waals surface area contributed by atoms with Gasteiger partial charge in [0.25, 0.3) is 0 Å². The second-order valence-electron chi connectivity index (χ2n) is 6.45. The monoisotopic (exact) mass is 356 g/mol. The summed E-state index contributed by atoms with van der Waals surface area (Å²) in [5.74, 6) is 2.24. The summed E-state index contributed by atoms with van der Waals surface area (Å²) in [6, 6.07) is 5.62. The minimum absolute atomic E-state index is 0.332. The van der Waals surface area contributed by atoms with Crippen molar-refractivity contribution in [3.8, 4) is 17.5 Å². The average molecular weight is 356 g/mol. The molecule has 0 saturated heterocycles. The van der Waals surface area contributed by atoms with Gasteiger partial charge in [0, 0.05) is 23.7 Å². The van der Waals surface area contributed by atoms with Crippen LogP contribution in [0.5, 0.6) is 17.5 Å². The molecule has 2 aromatic heterocycles. The Labute approximate surface area is 153 Å². The van der Waals surface area contributed by atoms with Crippen LogP contribution in [0.1, 0.15) is 47.5 Å². The van der Waals surface area contributed by atoms with E-state index in [-0.39, 0.29) is 0 Å². The minimum atomic E-state index is 0.332. The van der Waals surface area contributed by atoms with E-state index in [0.29, 0.717) is 41.5 Å². The van der Waals surface area contributed by atoms with Crippen LogP contribution in [-0.4, -0.2) is 37.1 Å². The molecule has 2 aromatic rings. The van der Waals surface area contributed by atoms with Crippen molar-refractivity contribution < 1.29 is 19.0 Å². The molecule has 1 saturated carbocycles. The van der Waals surface area contributed by atoms with E-state index in [9.17, 15) is 4.79 Å². The number of aromatic nitrogens is 2. The zero-order chi connectivity index (χ0) is 18.4. The molecule has 0 aromatic carbocycles. The Hall–Kier alpha value is -2.63. The number of nitrogens with zero attached hydrogens (tertiary/aromatic N) is 2. The first-order valence-electron chi connectivity index (χ1n) is 8.87. The second kappa shape index (κ2) is 8.65. The minimum Gasteiger partial charge on any atom is -0.491 e. The van der Waals surface area contributed by atoms with Crippen LogP contribution in [0.3, 0.4) is 0 Å². The molecule has 0 aliphatic heterocycles. The van der Waals surface area contributed by atoms with Gasteiger partial charge in [-0.3, -0.25) is 4.79 Å². The van der Waals surface area contributed by atoms with Gasteiger partial charge in [-0.25, -0.2) is 9.97 Å². The van der Waals surface area contributed by atoms with Crippen molar-refractivity contribution in [2.75, 3.05) is 20.8 Å². The van der Waals surface area contributed by atoms with E-state index >= 15 is 0 Å². The van der Waals surface area contributed by atoms with E-state index < -0.39 is 0 Å². The predicted molar refractivity (Wildman–Crippen MR) is 97.2 cm³/mol. The molecule has 3 rings (SSSR count). The van der Waals surface area contributed by atoms with Crippen molar-refractivity contribution in [2.24, 2.45) is 5.92 Å².